The first-order valence-corrected chi connectivity index (χ1v) is 14.9. The first-order valence-electron chi connectivity index (χ1n) is 14.1. The molecule has 1 saturated carbocycles. The molecule has 4 fully saturated rings. The van der Waals surface area contributed by atoms with Crippen LogP contribution < -0.4 is 10.1 Å². The number of rotatable bonds is 9. The molecule has 8 nitrogen and oxygen atoms in total. The van der Waals surface area contributed by atoms with Gasteiger partial charge in [0, 0.05) is 18.8 Å². The zero-order chi connectivity index (χ0) is 27.5. The molecule has 212 valence electrons. The summed E-state index contributed by atoms with van der Waals surface area (Å²) in [5.41, 5.74) is 1.95. The van der Waals surface area contributed by atoms with Gasteiger partial charge in [0.15, 0.2) is 5.79 Å². The van der Waals surface area contributed by atoms with Gasteiger partial charge in [-0.25, -0.2) is 0 Å². The molecular weight excluding hydrogens is 530 g/mol. The summed E-state index contributed by atoms with van der Waals surface area (Å²) in [4.78, 5) is 23.6. The molecule has 5 atom stereocenters. The largest absolute Gasteiger partial charge is 0.493 e. The Hall–Kier alpha value is -2.69. The smallest absolute Gasteiger partial charge is 0.290 e. The molecule has 0 radical (unpaired) electrons. The van der Waals surface area contributed by atoms with E-state index in [1.165, 1.54) is 6.42 Å². The molecular formula is C31H35NO7S. The van der Waals surface area contributed by atoms with Gasteiger partial charge in [0.1, 0.15) is 24.1 Å². The molecule has 3 saturated heterocycles. The van der Waals surface area contributed by atoms with E-state index in [1.54, 1.807) is 6.08 Å². The molecule has 0 bridgehead atoms. The van der Waals surface area contributed by atoms with Gasteiger partial charge in [0.05, 0.1) is 30.8 Å². The lowest BCUT2D eigenvalue weighted by Gasteiger charge is -2.34. The lowest BCUT2D eigenvalue weighted by molar-refractivity contribution is -0.231. The number of carbonyl (C=O) groups excluding carboxylic acids is 2. The Morgan fingerprint density at radius 2 is 1.77 bits per heavy atom. The highest BCUT2D eigenvalue weighted by Crippen LogP contribution is 2.47. The number of ether oxygens (including phenoxy) is 5. The Morgan fingerprint density at radius 3 is 2.50 bits per heavy atom. The molecule has 1 unspecified atom stereocenters. The van der Waals surface area contributed by atoms with Gasteiger partial charge in [-0.2, -0.15) is 0 Å². The van der Waals surface area contributed by atoms with Crippen LogP contribution in [0.1, 0.15) is 50.2 Å². The van der Waals surface area contributed by atoms with Crippen LogP contribution in [0.3, 0.4) is 0 Å². The first-order chi connectivity index (χ1) is 19.5. The van der Waals surface area contributed by atoms with Crippen molar-refractivity contribution in [3.05, 3.63) is 70.6 Å². The van der Waals surface area contributed by atoms with Crippen molar-refractivity contribution in [2.75, 3.05) is 13.2 Å². The lowest BCUT2D eigenvalue weighted by Crippen LogP contribution is -2.39. The first kappa shape index (κ1) is 27.5. The van der Waals surface area contributed by atoms with Gasteiger partial charge in [-0.05, 0) is 53.9 Å². The van der Waals surface area contributed by atoms with Gasteiger partial charge in [-0.1, -0.05) is 55.8 Å². The maximum Gasteiger partial charge on any atom is 0.290 e. The van der Waals surface area contributed by atoms with Gasteiger partial charge < -0.3 is 23.7 Å². The van der Waals surface area contributed by atoms with Crippen LogP contribution in [0.15, 0.2) is 59.5 Å². The van der Waals surface area contributed by atoms with E-state index in [-0.39, 0.29) is 41.5 Å². The fourth-order valence-corrected chi connectivity index (χ4v) is 6.58. The summed E-state index contributed by atoms with van der Waals surface area (Å²) in [6.45, 7) is 3.54. The van der Waals surface area contributed by atoms with Crippen LogP contribution in [-0.2, 0) is 30.3 Å². The maximum atomic E-state index is 11.8. The Morgan fingerprint density at radius 1 is 1.02 bits per heavy atom. The Bertz CT molecular complexity index is 1230. The summed E-state index contributed by atoms with van der Waals surface area (Å²) < 4.78 is 32.0. The second kappa shape index (κ2) is 12.0. The SMILES string of the molecule is CC(COc1ccc(/C=C2\SC(=O)NC2=O)cc1)[C@@H]1O[C@H](COCc2ccccc2)[C@H]2OC3(CCCCC3)O[C@H]21. The number of hydrogen-bond donors (Lipinski definition) is 1. The van der Waals surface area contributed by atoms with E-state index < -0.39 is 5.79 Å². The minimum absolute atomic E-state index is 0.0559. The second-order valence-electron chi connectivity index (χ2n) is 11.0. The molecule has 4 aliphatic rings. The number of fused-ring (bicyclic) bond motifs is 1. The highest BCUT2D eigenvalue weighted by atomic mass is 32.2. The molecule has 2 aromatic carbocycles. The summed E-state index contributed by atoms with van der Waals surface area (Å²) in [6, 6.07) is 17.6. The summed E-state index contributed by atoms with van der Waals surface area (Å²) in [7, 11) is 0. The molecule has 40 heavy (non-hydrogen) atoms. The van der Waals surface area contributed by atoms with Crippen LogP contribution in [0.2, 0.25) is 0 Å². The van der Waals surface area contributed by atoms with Crippen molar-refractivity contribution in [1.29, 1.82) is 0 Å². The van der Waals surface area contributed by atoms with Crippen LogP contribution >= 0.6 is 11.8 Å². The molecule has 3 heterocycles. The topological polar surface area (TPSA) is 92.3 Å². The number of benzene rings is 2. The molecule has 6 rings (SSSR count). The fourth-order valence-electron chi connectivity index (χ4n) is 5.90. The zero-order valence-electron chi connectivity index (χ0n) is 22.6. The highest BCUT2D eigenvalue weighted by molar-refractivity contribution is 8.18. The number of hydrogen-bond acceptors (Lipinski definition) is 8. The summed E-state index contributed by atoms with van der Waals surface area (Å²) in [5.74, 6) is -0.0911. The van der Waals surface area contributed by atoms with Gasteiger partial charge in [-0.3, -0.25) is 14.9 Å². The van der Waals surface area contributed by atoms with Gasteiger partial charge in [0.2, 0.25) is 0 Å². The Balaban J connectivity index is 1.08. The van der Waals surface area contributed by atoms with Crippen LogP contribution in [0, 0.1) is 5.92 Å². The summed E-state index contributed by atoms with van der Waals surface area (Å²) in [6.07, 6.45) is 6.30. The quantitative estimate of drug-likeness (QED) is 0.401. The van der Waals surface area contributed by atoms with E-state index in [4.69, 9.17) is 23.7 Å². The van der Waals surface area contributed by atoms with Crippen LogP contribution in [-0.4, -0.2) is 54.6 Å². The van der Waals surface area contributed by atoms with Crippen molar-refractivity contribution in [2.45, 2.75) is 75.8 Å². The summed E-state index contributed by atoms with van der Waals surface area (Å²) in [5, 5.41) is 1.92. The van der Waals surface area contributed by atoms with Crippen LogP contribution in [0.4, 0.5) is 4.79 Å². The second-order valence-corrected chi connectivity index (χ2v) is 12.0. The van der Waals surface area contributed by atoms with Crippen LogP contribution in [0.5, 0.6) is 5.75 Å². The predicted molar refractivity (Wildman–Crippen MR) is 151 cm³/mol. The molecule has 1 aliphatic carbocycles. The minimum Gasteiger partial charge on any atom is -0.493 e. The minimum atomic E-state index is -0.503. The number of thioether (sulfide) groups is 1. The third-order valence-corrected chi connectivity index (χ3v) is 8.76. The van der Waals surface area contributed by atoms with E-state index in [2.05, 4.69) is 24.4 Å². The Kier molecular flexibility index (Phi) is 8.27. The maximum absolute atomic E-state index is 11.8. The van der Waals surface area contributed by atoms with Gasteiger partial charge in [0.25, 0.3) is 11.1 Å². The molecule has 2 aromatic rings. The Labute approximate surface area is 238 Å². The van der Waals surface area contributed by atoms with Crippen molar-refractivity contribution in [3.8, 4) is 5.75 Å². The monoisotopic (exact) mass is 565 g/mol. The van der Waals surface area contributed by atoms with Crippen LogP contribution in [0.25, 0.3) is 6.08 Å². The van der Waals surface area contributed by atoms with Crippen molar-refractivity contribution in [3.63, 3.8) is 0 Å². The lowest BCUT2D eigenvalue weighted by atomic mass is 9.94. The van der Waals surface area contributed by atoms with E-state index >= 15 is 0 Å². The molecule has 1 spiro atoms. The predicted octanol–water partition coefficient (Wildman–Crippen LogP) is 5.45. The van der Waals surface area contributed by atoms with E-state index in [0.717, 1.165) is 54.3 Å². The normalized spacial score (nSPS) is 29.1. The third-order valence-electron chi connectivity index (χ3n) is 7.95. The number of amides is 2. The van der Waals surface area contributed by atoms with E-state index in [1.807, 2.05) is 42.5 Å². The van der Waals surface area contributed by atoms with E-state index in [9.17, 15) is 9.59 Å². The van der Waals surface area contributed by atoms with Crippen molar-refractivity contribution < 1.29 is 33.3 Å². The molecule has 3 aliphatic heterocycles. The average Bonchev–Trinajstić information content (AvgIpc) is 3.59. The van der Waals surface area contributed by atoms with Gasteiger partial charge >= 0.3 is 0 Å². The molecule has 2 amide bonds. The summed E-state index contributed by atoms with van der Waals surface area (Å²) >= 11 is 0.906. The molecule has 9 heteroatoms. The number of carbonyl (C=O) groups is 2. The van der Waals surface area contributed by atoms with Crippen molar-refractivity contribution >= 4 is 29.0 Å². The highest BCUT2D eigenvalue weighted by Gasteiger charge is 2.59. The van der Waals surface area contributed by atoms with Crippen molar-refractivity contribution in [1.82, 2.24) is 5.32 Å². The van der Waals surface area contributed by atoms with E-state index in [0.29, 0.717) is 24.7 Å². The standard InChI is InChI=1S/C31H35NO7S/c1-20(17-36-23-12-10-21(11-13-23)16-25-29(33)32-30(34)40-25)26-28-27(38-31(39-28)14-6-3-7-15-31)24(37-26)19-35-18-22-8-4-2-5-9-22/h2,4-5,8-13,16,20,24,26-28H,3,6-7,14-15,17-19H2,1H3,(H,32,33,34)/b25-16-/t20?,24-,26+,27-,28+/m1/s1. The third kappa shape index (κ3) is 6.14. The zero-order valence-corrected chi connectivity index (χ0v) is 23.4. The molecule has 1 N–H and O–H groups in total. The number of imide groups is 1. The molecule has 0 aromatic heterocycles. The van der Waals surface area contributed by atoms with Crippen molar-refractivity contribution in [2.24, 2.45) is 5.92 Å². The average molecular weight is 566 g/mol. The number of nitrogens with one attached hydrogen (secondary N) is 1. The fraction of sp³-hybridized carbons (Fsp3) is 0.484. The van der Waals surface area contributed by atoms with Gasteiger partial charge in [-0.15, -0.1) is 0 Å².